The third-order valence-corrected chi connectivity index (χ3v) is 4.34. The maximum absolute atomic E-state index is 12.0. The monoisotopic (exact) mass is 368 g/mol. The lowest BCUT2D eigenvalue weighted by atomic mass is 9.99. The van der Waals surface area contributed by atoms with Gasteiger partial charge < -0.3 is 4.74 Å². The van der Waals surface area contributed by atoms with E-state index in [4.69, 9.17) is 4.74 Å². The molecule has 0 aliphatic heterocycles. The number of ether oxygens (including phenoxy) is 1. The van der Waals surface area contributed by atoms with Crippen LogP contribution in [0.15, 0.2) is 54.6 Å². The highest BCUT2D eigenvalue weighted by Gasteiger charge is 2.23. The van der Waals surface area contributed by atoms with Crippen molar-refractivity contribution in [3.8, 4) is 0 Å². The number of amides is 1. The van der Waals surface area contributed by atoms with Crippen LogP contribution in [0.5, 0.6) is 0 Å². The molecule has 27 heavy (non-hydrogen) atoms. The first-order valence-electron chi connectivity index (χ1n) is 9.14. The molecule has 0 aromatic heterocycles. The van der Waals surface area contributed by atoms with Gasteiger partial charge in [-0.3, -0.25) is 15.0 Å². The van der Waals surface area contributed by atoms with Crippen molar-refractivity contribution >= 4 is 17.6 Å². The number of nitrogens with one attached hydrogen (secondary N) is 1. The van der Waals surface area contributed by atoms with Gasteiger partial charge in [0.15, 0.2) is 0 Å². The van der Waals surface area contributed by atoms with E-state index in [2.05, 4.69) is 5.32 Å². The molecule has 2 aromatic rings. The van der Waals surface area contributed by atoms with Crippen molar-refractivity contribution in [1.82, 2.24) is 4.90 Å². The molecule has 5 nitrogen and oxygen atoms in total. The zero-order valence-corrected chi connectivity index (χ0v) is 16.4. The molecule has 144 valence electrons. The maximum atomic E-state index is 12.0. The van der Waals surface area contributed by atoms with Crippen molar-refractivity contribution in [3.05, 3.63) is 65.7 Å². The van der Waals surface area contributed by atoms with Gasteiger partial charge in [-0.05, 0) is 43.1 Å². The molecule has 0 unspecified atom stereocenters. The van der Waals surface area contributed by atoms with Crippen LogP contribution in [0.3, 0.4) is 0 Å². The summed E-state index contributed by atoms with van der Waals surface area (Å²) in [4.78, 5) is 26.0. The summed E-state index contributed by atoms with van der Waals surface area (Å²) < 4.78 is 5.25. The fraction of sp³-hybridized carbons (Fsp3) is 0.364. The van der Waals surface area contributed by atoms with Gasteiger partial charge in [0, 0.05) is 12.2 Å². The topological polar surface area (TPSA) is 58.6 Å². The summed E-state index contributed by atoms with van der Waals surface area (Å²) in [5.41, 5.74) is 2.63. The quantitative estimate of drug-likeness (QED) is 0.746. The molecule has 0 saturated carbocycles. The van der Waals surface area contributed by atoms with Crippen LogP contribution < -0.4 is 5.32 Å². The average molecular weight is 368 g/mol. The van der Waals surface area contributed by atoms with Gasteiger partial charge in [0.1, 0.15) is 12.4 Å². The lowest BCUT2D eigenvalue weighted by Crippen LogP contribution is -2.40. The van der Waals surface area contributed by atoms with Crippen LogP contribution in [0.4, 0.5) is 10.5 Å². The highest BCUT2D eigenvalue weighted by Crippen LogP contribution is 2.17. The smallest absolute Gasteiger partial charge is 0.411 e. The Balaban J connectivity index is 1.94. The largest absolute Gasteiger partial charge is 0.444 e. The molecule has 0 radical (unpaired) electrons. The summed E-state index contributed by atoms with van der Waals surface area (Å²) >= 11 is 0. The Labute approximate surface area is 161 Å². The molecule has 0 aliphatic rings. The maximum Gasteiger partial charge on any atom is 0.411 e. The number of likely N-dealkylation sites (N-methyl/N-ethyl adjacent to an activating group) is 1. The zero-order valence-electron chi connectivity index (χ0n) is 16.4. The number of carbonyl (C=O) groups is 2. The summed E-state index contributed by atoms with van der Waals surface area (Å²) in [5.74, 6) is 0.396. The number of hydrogen-bond donors (Lipinski definition) is 1. The number of hydrogen-bond acceptors (Lipinski definition) is 4. The Kier molecular flexibility index (Phi) is 7.55. The normalized spacial score (nSPS) is 12.1. The summed E-state index contributed by atoms with van der Waals surface area (Å²) in [5, 5.41) is 2.75. The van der Waals surface area contributed by atoms with Gasteiger partial charge in [-0.15, -0.1) is 0 Å². The summed E-state index contributed by atoms with van der Waals surface area (Å²) in [6.07, 6.45) is -0.492. The van der Waals surface area contributed by atoms with Crippen molar-refractivity contribution in [2.75, 3.05) is 12.4 Å². The van der Waals surface area contributed by atoms with Gasteiger partial charge in [0.2, 0.25) is 0 Å². The van der Waals surface area contributed by atoms with E-state index in [-0.39, 0.29) is 24.3 Å². The van der Waals surface area contributed by atoms with Crippen LogP contribution in [0.1, 0.15) is 31.9 Å². The molecular formula is C22H28N2O3. The number of carbonyl (C=O) groups excluding carboxylic acids is 2. The van der Waals surface area contributed by atoms with Gasteiger partial charge >= 0.3 is 6.09 Å². The number of nitrogens with zero attached hydrogens (tertiary/aromatic N) is 1. The fourth-order valence-corrected chi connectivity index (χ4v) is 3.30. The first kappa shape index (κ1) is 20.6. The summed E-state index contributed by atoms with van der Waals surface area (Å²) in [6, 6.07) is 17.0. The number of ketones is 1. The van der Waals surface area contributed by atoms with Crippen molar-refractivity contribution in [2.24, 2.45) is 5.92 Å². The van der Waals surface area contributed by atoms with E-state index in [1.807, 2.05) is 80.4 Å². The molecule has 0 bridgehead atoms. The number of Topliss-reactive ketones (excluding diaryl/α,β-unsaturated/α-hetero) is 1. The zero-order chi connectivity index (χ0) is 19.8. The number of anilines is 1. The molecule has 0 saturated heterocycles. The lowest BCUT2D eigenvalue weighted by molar-refractivity contribution is -0.123. The van der Waals surface area contributed by atoms with Crippen molar-refractivity contribution in [2.45, 2.75) is 40.0 Å². The Morgan fingerprint density at radius 2 is 1.70 bits per heavy atom. The second kappa shape index (κ2) is 9.88. The number of benzene rings is 2. The van der Waals surface area contributed by atoms with E-state index in [0.29, 0.717) is 12.2 Å². The van der Waals surface area contributed by atoms with Gasteiger partial charge in [0.25, 0.3) is 0 Å². The van der Waals surface area contributed by atoms with Crippen LogP contribution in [0, 0.1) is 5.92 Å². The molecule has 0 fully saturated rings. The molecule has 1 amide bonds. The highest BCUT2D eigenvalue weighted by atomic mass is 16.5. The van der Waals surface area contributed by atoms with E-state index >= 15 is 0 Å². The van der Waals surface area contributed by atoms with E-state index in [1.54, 1.807) is 6.92 Å². The third kappa shape index (κ3) is 6.53. The Morgan fingerprint density at radius 1 is 1.04 bits per heavy atom. The Morgan fingerprint density at radius 3 is 2.33 bits per heavy atom. The minimum Gasteiger partial charge on any atom is -0.444 e. The van der Waals surface area contributed by atoms with Crippen molar-refractivity contribution in [3.63, 3.8) is 0 Å². The van der Waals surface area contributed by atoms with Gasteiger partial charge in [-0.2, -0.15) is 0 Å². The molecule has 1 N–H and O–H groups in total. The Bertz CT molecular complexity index is 759. The average Bonchev–Trinajstić information content (AvgIpc) is 2.60. The van der Waals surface area contributed by atoms with Crippen LogP contribution in [-0.4, -0.2) is 29.9 Å². The summed E-state index contributed by atoms with van der Waals surface area (Å²) in [6.45, 7) is 6.56. The molecule has 2 aromatic carbocycles. The standard InChI is InChI=1S/C22H28N2O3/c1-16(2)21(17(3)25)24(4)14-19-11-8-12-20(13-19)23-22(26)27-15-18-9-6-5-7-10-18/h5-13,16,21H,14-15H2,1-4H3,(H,23,26)/t21-/m0/s1. The highest BCUT2D eigenvalue weighted by molar-refractivity contribution is 5.84. The Hall–Kier alpha value is -2.66. The van der Waals surface area contributed by atoms with Crippen LogP contribution >= 0.6 is 0 Å². The SMILES string of the molecule is CC(=O)[C@H](C(C)C)N(C)Cc1cccc(NC(=O)OCc2ccccc2)c1. The van der Waals surface area contributed by atoms with Crippen molar-refractivity contribution < 1.29 is 14.3 Å². The van der Waals surface area contributed by atoms with Crippen LogP contribution in [0.2, 0.25) is 0 Å². The minimum atomic E-state index is -0.492. The predicted molar refractivity (Wildman–Crippen MR) is 107 cm³/mol. The number of rotatable bonds is 8. The molecule has 1 atom stereocenters. The predicted octanol–water partition coefficient (Wildman–Crippen LogP) is 4.48. The first-order chi connectivity index (χ1) is 12.9. The van der Waals surface area contributed by atoms with E-state index < -0.39 is 6.09 Å². The fourth-order valence-electron chi connectivity index (χ4n) is 3.30. The first-order valence-corrected chi connectivity index (χ1v) is 9.14. The van der Waals surface area contributed by atoms with E-state index in [0.717, 1.165) is 11.1 Å². The van der Waals surface area contributed by atoms with Crippen LogP contribution in [-0.2, 0) is 22.7 Å². The summed E-state index contributed by atoms with van der Waals surface area (Å²) in [7, 11) is 1.94. The molecule has 2 rings (SSSR count). The second-order valence-corrected chi connectivity index (χ2v) is 7.10. The molecule has 0 spiro atoms. The second-order valence-electron chi connectivity index (χ2n) is 7.10. The molecule has 0 heterocycles. The van der Waals surface area contributed by atoms with Gasteiger partial charge in [-0.25, -0.2) is 4.79 Å². The van der Waals surface area contributed by atoms with Crippen LogP contribution in [0.25, 0.3) is 0 Å². The molecule has 0 aliphatic carbocycles. The lowest BCUT2D eigenvalue weighted by Gasteiger charge is -2.29. The molecule has 5 heteroatoms. The van der Waals surface area contributed by atoms with Gasteiger partial charge in [0.05, 0.1) is 6.04 Å². The van der Waals surface area contributed by atoms with Gasteiger partial charge in [-0.1, -0.05) is 56.3 Å². The third-order valence-electron chi connectivity index (χ3n) is 4.34. The minimum absolute atomic E-state index is 0.127. The van der Waals surface area contributed by atoms with Crippen molar-refractivity contribution in [1.29, 1.82) is 0 Å². The molecular weight excluding hydrogens is 340 g/mol. The van der Waals surface area contributed by atoms with E-state index in [1.165, 1.54) is 0 Å². The van der Waals surface area contributed by atoms with E-state index in [9.17, 15) is 9.59 Å².